The van der Waals surface area contributed by atoms with Gasteiger partial charge >= 0.3 is 29.6 Å². The van der Waals surface area contributed by atoms with Crippen molar-refractivity contribution in [1.29, 1.82) is 0 Å². The first-order valence-corrected chi connectivity index (χ1v) is 18.1. The monoisotopic (exact) mass is 725 g/mol. The van der Waals surface area contributed by atoms with E-state index in [0.29, 0.717) is 16.8 Å². The van der Waals surface area contributed by atoms with Gasteiger partial charge in [0.05, 0.1) is 23.9 Å². The average Bonchev–Trinajstić information content (AvgIpc) is 3.09. The minimum Gasteiger partial charge on any atom is -1.00 e. The number of carbonyl (C=O) groups excluding carboxylic acids is 2. The van der Waals surface area contributed by atoms with E-state index >= 15 is 0 Å². The fraction of sp³-hybridized carbons (Fsp3) is 0.256. The van der Waals surface area contributed by atoms with Crippen LogP contribution in [0.1, 0.15) is 71.9 Å². The number of rotatable bonds is 12. The summed E-state index contributed by atoms with van der Waals surface area (Å²) in [6.07, 6.45) is 0.260. The molecular weight excluding hydrogens is 680 g/mol. The van der Waals surface area contributed by atoms with Crippen molar-refractivity contribution in [2.75, 3.05) is 18.5 Å². The molecule has 2 amide bonds. The van der Waals surface area contributed by atoms with Crippen LogP contribution in [0.4, 0.5) is 5.69 Å². The average molecular weight is 726 g/mol. The smallest absolute Gasteiger partial charge is 1.00 e. The molecule has 0 spiro atoms. The normalized spacial score (nSPS) is 12.4. The van der Waals surface area contributed by atoms with Gasteiger partial charge in [-0.1, -0.05) is 117 Å². The fourth-order valence-electron chi connectivity index (χ4n) is 6.53. The van der Waals surface area contributed by atoms with E-state index in [1.165, 1.54) is 27.8 Å². The van der Waals surface area contributed by atoms with Crippen molar-refractivity contribution in [2.24, 2.45) is 0 Å². The van der Waals surface area contributed by atoms with Crippen LogP contribution in [0.2, 0.25) is 0 Å². The van der Waals surface area contributed by atoms with E-state index in [2.05, 4.69) is 92.8 Å². The molecule has 0 heterocycles. The minimum absolute atomic E-state index is 0. The Bertz CT molecular complexity index is 2010. The number of hydrogen-bond acceptors (Lipinski definition) is 5. The molecule has 52 heavy (non-hydrogen) atoms. The molecule has 1 unspecified atom stereocenters. The van der Waals surface area contributed by atoms with Crippen LogP contribution in [0.5, 0.6) is 0 Å². The number of carbonyl (C=O) groups is 2. The standard InChI is InChI=1S/C43H46N2O5S.Na.H/c1-28-25-29(2)40(30(3)26-28)34-17-21-37(22-18-34)45-42(47)39(27-35-9-7-8-10-38(35)41(46)44-23-24-50-51(48)49)33-13-11-31(12-14-33)32-15-19-36(20-16-32)43(4,5)6;;/h7-22,25-26,39H,23-24,27H2,1-6H3,(H,44,46)(H,45,47)(H,48,49);;/q;+1;-1/p-1/t39-;;/m1../s1. The SMILES string of the molecule is Cc1cc(C)c(-c2ccc(NC(=O)[C@H](Cc3ccccc3C(=O)NCCOS(=O)[O-])c3ccc(-c4ccc(C(C)(C)C)cc4)cc3)cc2)c(C)c1.[H-].[Na+]. The van der Waals surface area contributed by atoms with Crippen molar-refractivity contribution in [3.63, 3.8) is 0 Å². The maximum atomic E-state index is 14.2. The molecule has 0 saturated heterocycles. The summed E-state index contributed by atoms with van der Waals surface area (Å²) in [4.78, 5) is 27.3. The summed E-state index contributed by atoms with van der Waals surface area (Å²) in [6.45, 7) is 12.7. The third kappa shape index (κ3) is 10.6. The molecule has 2 atom stereocenters. The number of anilines is 1. The van der Waals surface area contributed by atoms with E-state index in [4.69, 9.17) is 0 Å². The van der Waals surface area contributed by atoms with E-state index in [1.807, 2.05) is 60.7 Å². The molecule has 0 fully saturated rings. The predicted molar refractivity (Wildman–Crippen MR) is 207 cm³/mol. The summed E-state index contributed by atoms with van der Waals surface area (Å²) in [6, 6.07) is 36.0. The van der Waals surface area contributed by atoms with Gasteiger partial charge < -0.3 is 16.6 Å². The van der Waals surface area contributed by atoms with Crippen LogP contribution < -0.4 is 40.2 Å². The first kappa shape index (κ1) is 40.9. The summed E-state index contributed by atoms with van der Waals surface area (Å²) in [5.41, 5.74) is 11.9. The van der Waals surface area contributed by atoms with Crippen LogP contribution in [-0.4, -0.2) is 33.7 Å². The third-order valence-electron chi connectivity index (χ3n) is 9.09. The van der Waals surface area contributed by atoms with Crippen LogP contribution in [-0.2, 0) is 32.2 Å². The van der Waals surface area contributed by atoms with Crippen LogP contribution in [0.25, 0.3) is 22.3 Å². The number of hydrogen-bond donors (Lipinski definition) is 2. The van der Waals surface area contributed by atoms with Gasteiger partial charge in [-0.05, 0) is 101 Å². The maximum Gasteiger partial charge on any atom is 1.00 e. The van der Waals surface area contributed by atoms with E-state index in [1.54, 1.807) is 12.1 Å². The van der Waals surface area contributed by atoms with Gasteiger partial charge in [-0.3, -0.25) is 13.8 Å². The van der Waals surface area contributed by atoms with Crippen LogP contribution in [0.3, 0.4) is 0 Å². The zero-order valence-electron chi connectivity index (χ0n) is 32.0. The Hall–Kier alpha value is -3.89. The Labute approximate surface area is 333 Å². The molecule has 0 aromatic heterocycles. The second-order valence-electron chi connectivity index (χ2n) is 14.0. The summed E-state index contributed by atoms with van der Waals surface area (Å²) in [5, 5.41) is 5.84. The Morgan fingerprint density at radius 2 is 1.37 bits per heavy atom. The van der Waals surface area contributed by atoms with Gasteiger partial charge in [-0.25, -0.2) is 4.21 Å². The third-order valence-corrected chi connectivity index (χ3v) is 9.44. The van der Waals surface area contributed by atoms with Crippen molar-refractivity contribution >= 4 is 28.9 Å². The second kappa shape index (κ2) is 18.2. The topological polar surface area (TPSA) is 108 Å². The van der Waals surface area contributed by atoms with Crippen molar-refractivity contribution in [3.05, 3.63) is 148 Å². The molecule has 2 N–H and O–H groups in total. The van der Waals surface area contributed by atoms with Gasteiger partial charge in [0, 0.05) is 17.8 Å². The van der Waals surface area contributed by atoms with E-state index in [-0.39, 0.29) is 67.8 Å². The summed E-state index contributed by atoms with van der Waals surface area (Å²) in [5.74, 6) is -1.20. The molecule has 7 nitrogen and oxygen atoms in total. The Balaban J connectivity index is 0.00000378. The molecule has 9 heteroatoms. The van der Waals surface area contributed by atoms with Crippen molar-refractivity contribution in [3.8, 4) is 22.3 Å². The molecule has 0 aliphatic heterocycles. The first-order chi connectivity index (χ1) is 24.3. The molecule has 0 aliphatic carbocycles. The Morgan fingerprint density at radius 3 is 1.94 bits per heavy atom. The minimum atomic E-state index is -2.66. The quantitative estimate of drug-likeness (QED) is 0.0952. The maximum absolute atomic E-state index is 14.2. The van der Waals surface area contributed by atoms with E-state index in [9.17, 15) is 18.4 Å². The van der Waals surface area contributed by atoms with E-state index in [0.717, 1.165) is 22.3 Å². The molecule has 0 radical (unpaired) electrons. The zero-order chi connectivity index (χ0) is 36.7. The fourth-order valence-corrected chi connectivity index (χ4v) is 6.75. The van der Waals surface area contributed by atoms with Gasteiger partial charge in [0.2, 0.25) is 5.91 Å². The van der Waals surface area contributed by atoms with Crippen LogP contribution in [0.15, 0.2) is 109 Å². The Morgan fingerprint density at radius 1 is 0.808 bits per heavy atom. The predicted octanol–water partition coefficient (Wildman–Crippen LogP) is 5.87. The first-order valence-electron chi connectivity index (χ1n) is 17.1. The number of aryl methyl sites for hydroxylation is 3. The van der Waals surface area contributed by atoms with Crippen molar-refractivity contribution < 1.29 is 53.5 Å². The largest absolute Gasteiger partial charge is 1.00 e. The molecule has 5 aromatic rings. The van der Waals surface area contributed by atoms with Crippen LogP contribution in [0, 0.1) is 20.8 Å². The summed E-state index contributed by atoms with van der Waals surface area (Å²) < 4.78 is 26.0. The molecule has 266 valence electrons. The van der Waals surface area contributed by atoms with Gasteiger partial charge in [0.25, 0.3) is 5.91 Å². The molecule has 0 saturated carbocycles. The van der Waals surface area contributed by atoms with Gasteiger partial charge in [-0.2, -0.15) is 0 Å². The molecular formula is C43H46N2NaO5S-. The van der Waals surface area contributed by atoms with Gasteiger partial charge in [-0.15, -0.1) is 0 Å². The molecule has 0 bridgehead atoms. The molecule has 5 rings (SSSR count). The Kier molecular flexibility index (Phi) is 14.3. The van der Waals surface area contributed by atoms with Crippen LogP contribution >= 0.6 is 0 Å². The number of benzene rings is 5. The molecule has 5 aromatic carbocycles. The van der Waals surface area contributed by atoms with Gasteiger partial charge in [0.1, 0.15) is 0 Å². The molecule has 0 aliphatic rings. The van der Waals surface area contributed by atoms with Gasteiger partial charge in [0.15, 0.2) is 0 Å². The van der Waals surface area contributed by atoms with Crippen molar-refractivity contribution in [2.45, 2.75) is 59.3 Å². The summed E-state index contributed by atoms with van der Waals surface area (Å²) in [7, 11) is 0. The van der Waals surface area contributed by atoms with E-state index < -0.39 is 17.3 Å². The zero-order valence-corrected chi connectivity index (χ0v) is 33.9. The number of nitrogens with one attached hydrogen (secondary N) is 2. The number of amides is 2. The second-order valence-corrected chi connectivity index (χ2v) is 14.6. The summed E-state index contributed by atoms with van der Waals surface area (Å²) >= 11 is -2.66. The van der Waals surface area contributed by atoms with Crippen molar-refractivity contribution in [1.82, 2.24) is 5.32 Å².